The number of nitrogens with one attached hydrogen (secondary N) is 2. The summed E-state index contributed by atoms with van der Waals surface area (Å²) >= 11 is 6.31. The minimum atomic E-state index is -3.60. The zero-order valence-electron chi connectivity index (χ0n) is 15.0. The van der Waals surface area contributed by atoms with Crippen LogP contribution >= 0.6 is 11.6 Å². The molecule has 0 aliphatic rings. The molecule has 0 atom stereocenters. The van der Waals surface area contributed by atoms with Crippen molar-refractivity contribution in [2.45, 2.75) is 18.7 Å². The van der Waals surface area contributed by atoms with Gasteiger partial charge in [0.1, 0.15) is 5.69 Å². The Morgan fingerprint density at radius 3 is 2.48 bits per heavy atom. The minimum Gasteiger partial charge on any atom is -0.349 e. The zero-order chi connectivity index (χ0) is 19.6. The Morgan fingerprint density at radius 1 is 1.11 bits per heavy atom. The topological polar surface area (TPSA) is 82.3 Å². The van der Waals surface area contributed by atoms with Gasteiger partial charge >= 0.3 is 0 Å². The quantitative estimate of drug-likeness (QED) is 0.647. The molecule has 1 heterocycles. The highest BCUT2D eigenvalue weighted by Crippen LogP contribution is 2.28. The maximum absolute atomic E-state index is 12.7. The second-order valence-corrected chi connectivity index (χ2v) is 8.25. The molecular weight excluding hydrogens is 386 g/mol. The van der Waals surface area contributed by atoms with E-state index in [-0.39, 0.29) is 10.6 Å². The first-order valence-electron chi connectivity index (χ1n) is 8.56. The van der Waals surface area contributed by atoms with E-state index in [1.54, 1.807) is 26.0 Å². The monoisotopic (exact) mass is 405 g/mol. The number of sulfonamides is 1. The van der Waals surface area contributed by atoms with Gasteiger partial charge in [-0.15, -0.1) is 0 Å². The number of carbonyl (C=O) groups excluding carboxylic acids is 1. The Kier molecular flexibility index (Phi) is 5.55. The lowest BCUT2D eigenvalue weighted by Gasteiger charge is -2.18. The number of benzene rings is 2. The minimum absolute atomic E-state index is 0.131. The molecule has 0 fully saturated rings. The van der Waals surface area contributed by atoms with Crippen LogP contribution < -0.4 is 5.32 Å². The molecule has 0 radical (unpaired) electrons. The number of hydrogen-bond donors (Lipinski definition) is 2. The van der Waals surface area contributed by atoms with Crippen LogP contribution in [0.1, 0.15) is 24.3 Å². The highest BCUT2D eigenvalue weighted by atomic mass is 35.5. The fraction of sp³-hybridized carbons (Fsp3) is 0.211. The number of amides is 1. The van der Waals surface area contributed by atoms with E-state index < -0.39 is 15.9 Å². The summed E-state index contributed by atoms with van der Waals surface area (Å²) in [4.78, 5) is 15.8. The molecular formula is C19H20ClN3O3S. The van der Waals surface area contributed by atoms with Gasteiger partial charge in [0.2, 0.25) is 10.0 Å². The number of H-pyrrole nitrogens is 1. The van der Waals surface area contributed by atoms with Gasteiger partial charge in [0.25, 0.3) is 5.91 Å². The van der Waals surface area contributed by atoms with Crippen molar-refractivity contribution in [2.75, 3.05) is 18.4 Å². The Morgan fingerprint density at radius 2 is 1.81 bits per heavy atom. The van der Waals surface area contributed by atoms with Gasteiger partial charge in [0, 0.05) is 29.7 Å². The van der Waals surface area contributed by atoms with Crippen molar-refractivity contribution >= 4 is 44.1 Å². The average Bonchev–Trinajstić information content (AvgIpc) is 3.00. The summed E-state index contributed by atoms with van der Waals surface area (Å²) < 4.78 is 26.7. The maximum Gasteiger partial charge on any atom is 0.273 e. The van der Waals surface area contributed by atoms with Crippen molar-refractivity contribution in [3.05, 3.63) is 59.2 Å². The molecule has 2 aromatic carbocycles. The molecule has 0 unspecified atom stereocenters. The van der Waals surface area contributed by atoms with Crippen molar-refractivity contribution in [2.24, 2.45) is 0 Å². The van der Waals surface area contributed by atoms with E-state index in [0.717, 1.165) is 10.9 Å². The number of halogens is 1. The van der Waals surface area contributed by atoms with E-state index in [2.05, 4.69) is 10.3 Å². The summed E-state index contributed by atoms with van der Waals surface area (Å²) in [5, 5.41) is 3.79. The largest absolute Gasteiger partial charge is 0.349 e. The molecule has 3 aromatic rings. The number of fused-ring (bicyclic) bond motifs is 1. The van der Waals surface area contributed by atoms with E-state index in [4.69, 9.17) is 11.6 Å². The second kappa shape index (κ2) is 7.72. The molecule has 142 valence electrons. The predicted octanol–water partition coefficient (Wildman–Crippen LogP) is 4.10. The van der Waals surface area contributed by atoms with Crippen LogP contribution in [0.25, 0.3) is 10.9 Å². The van der Waals surface area contributed by atoms with Gasteiger partial charge in [0.15, 0.2) is 0 Å². The van der Waals surface area contributed by atoms with Gasteiger partial charge in [-0.3, -0.25) is 4.79 Å². The van der Waals surface area contributed by atoms with Crippen LogP contribution in [0.2, 0.25) is 5.02 Å². The molecule has 3 rings (SSSR count). The van der Waals surface area contributed by atoms with Gasteiger partial charge in [-0.2, -0.15) is 4.31 Å². The third-order valence-corrected chi connectivity index (χ3v) is 6.74. The normalized spacial score (nSPS) is 11.9. The van der Waals surface area contributed by atoms with Gasteiger partial charge in [-0.05, 0) is 24.3 Å². The number of carbonyl (C=O) groups is 1. The van der Waals surface area contributed by atoms with E-state index in [0.29, 0.717) is 23.8 Å². The first-order valence-corrected chi connectivity index (χ1v) is 10.4. The number of hydrogen-bond acceptors (Lipinski definition) is 3. The van der Waals surface area contributed by atoms with E-state index in [1.165, 1.54) is 16.4 Å². The van der Waals surface area contributed by atoms with Gasteiger partial charge in [0.05, 0.1) is 9.92 Å². The van der Waals surface area contributed by atoms with Crippen LogP contribution in [-0.4, -0.2) is 36.7 Å². The highest BCUT2D eigenvalue weighted by Gasteiger charge is 2.22. The molecule has 27 heavy (non-hydrogen) atoms. The maximum atomic E-state index is 12.7. The van der Waals surface area contributed by atoms with Gasteiger partial charge in [-0.1, -0.05) is 49.7 Å². The number of aromatic nitrogens is 1. The van der Waals surface area contributed by atoms with Crippen LogP contribution in [0.5, 0.6) is 0 Å². The van der Waals surface area contributed by atoms with Crippen LogP contribution in [0.3, 0.4) is 0 Å². The number of nitrogens with zero attached hydrogens (tertiary/aromatic N) is 1. The summed E-state index contributed by atoms with van der Waals surface area (Å²) in [5.41, 5.74) is 1.36. The standard InChI is InChI=1S/C19H20ClN3O3S/c1-3-23(4-2)27(25,26)14-9-7-8-13(12-14)21-19(24)18-17(20)15-10-5-6-11-16(15)22-18/h5-12,22H,3-4H2,1-2H3,(H,21,24). The molecule has 8 heteroatoms. The number of rotatable bonds is 6. The number of anilines is 1. The Bertz CT molecular complexity index is 1090. The lowest BCUT2D eigenvalue weighted by Crippen LogP contribution is -2.30. The summed E-state index contributed by atoms with van der Waals surface area (Å²) in [6, 6.07) is 13.5. The fourth-order valence-corrected chi connectivity index (χ4v) is 4.71. The molecule has 0 aliphatic carbocycles. The molecule has 1 amide bonds. The fourth-order valence-electron chi connectivity index (χ4n) is 2.90. The summed E-state index contributed by atoms with van der Waals surface area (Å²) in [5.74, 6) is -0.436. The summed E-state index contributed by atoms with van der Waals surface area (Å²) in [6.45, 7) is 4.31. The summed E-state index contributed by atoms with van der Waals surface area (Å²) in [6.07, 6.45) is 0. The van der Waals surface area contributed by atoms with Gasteiger partial charge in [-0.25, -0.2) is 8.42 Å². The first kappa shape index (κ1) is 19.4. The lowest BCUT2D eigenvalue weighted by molar-refractivity contribution is 0.102. The second-order valence-electron chi connectivity index (χ2n) is 5.93. The van der Waals surface area contributed by atoms with Crippen molar-refractivity contribution in [3.63, 3.8) is 0 Å². The molecule has 1 aromatic heterocycles. The Labute approximate surface area is 163 Å². The SMILES string of the molecule is CCN(CC)S(=O)(=O)c1cccc(NC(=O)c2[nH]c3ccccc3c2Cl)c1. The van der Waals surface area contributed by atoms with Crippen molar-refractivity contribution < 1.29 is 13.2 Å². The Balaban J connectivity index is 1.90. The number of aromatic amines is 1. The third kappa shape index (κ3) is 3.71. The zero-order valence-corrected chi connectivity index (χ0v) is 16.6. The van der Waals surface area contributed by atoms with Crippen molar-refractivity contribution in [1.82, 2.24) is 9.29 Å². The van der Waals surface area contributed by atoms with Crippen LogP contribution in [0.4, 0.5) is 5.69 Å². The highest BCUT2D eigenvalue weighted by molar-refractivity contribution is 7.89. The van der Waals surface area contributed by atoms with Crippen LogP contribution in [0, 0.1) is 0 Å². The van der Waals surface area contributed by atoms with Crippen molar-refractivity contribution in [1.29, 1.82) is 0 Å². The number of para-hydroxylation sites is 1. The molecule has 2 N–H and O–H groups in total. The molecule has 0 spiro atoms. The van der Waals surface area contributed by atoms with E-state index >= 15 is 0 Å². The van der Waals surface area contributed by atoms with E-state index in [9.17, 15) is 13.2 Å². The van der Waals surface area contributed by atoms with Gasteiger partial charge < -0.3 is 10.3 Å². The summed E-state index contributed by atoms with van der Waals surface area (Å²) in [7, 11) is -3.60. The van der Waals surface area contributed by atoms with Crippen LogP contribution in [0.15, 0.2) is 53.4 Å². The first-order chi connectivity index (χ1) is 12.9. The molecule has 0 bridgehead atoms. The van der Waals surface area contributed by atoms with Crippen LogP contribution in [-0.2, 0) is 10.0 Å². The predicted molar refractivity (Wildman–Crippen MR) is 108 cm³/mol. The van der Waals surface area contributed by atoms with Crippen molar-refractivity contribution in [3.8, 4) is 0 Å². The van der Waals surface area contributed by atoms with E-state index in [1.807, 2.05) is 24.3 Å². The molecule has 6 nitrogen and oxygen atoms in total. The molecule has 0 saturated carbocycles. The smallest absolute Gasteiger partial charge is 0.273 e. The molecule has 0 saturated heterocycles. The Hall–Kier alpha value is -2.35. The third-order valence-electron chi connectivity index (χ3n) is 4.30. The average molecular weight is 406 g/mol. The molecule has 0 aliphatic heterocycles. The lowest BCUT2D eigenvalue weighted by atomic mass is 10.2.